The Kier molecular flexibility index (Phi) is 4.40. The summed E-state index contributed by atoms with van der Waals surface area (Å²) < 4.78 is 5.42. The summed E-state index contributed by atoms with van der Waals surface area (Å²) in [5.74, 6) is -1.00. The molecule has 2 rings (SSSR count). The zero-order valence-corrected chi connectivity index (χ0v) is 12.0. The van der Waals surface area contributed by atoms with E-state index in [2.05, 4.69) is 10.2 Å². The normalized spacial score (nSPS) is 10.7. The molecule has 2 aromatic rings. The largest absolute Gasteiger partial charge is 0.543 e. The maximum Gasteiger partial charge on any atom is 0.311 e. The number of aromatic carboxylic acids is 1. The summed E-state index contributed by atoms with van der Waals surface area (Å²) >= 11 is 0. The van der Waals surface area contributed by atoms with Crippen molar-refractivity contribution in [2.45, 2.75) is 13.8 Å². The third-order valence-corrected chi connectivity index (χ3v) is 2.82. The number of aromatic amines is 1. The number of H-pyrrole nitrogens is 1. The number of nitro benzene ring substituents is 1. The molecule has 0 radical (unpaired) electrons. The highest BCUT2D eigenvalue weighted by Crippen LogP contribution is 2.32. The number of hydrogen-bond donors (Lipinski definition) is 1. The number of ether oxygens (including phenoxy) is 1. The van der Waals surface area contributed by atoms with Gasteiger partial charge in [0.25, 0.3) is 0 Å². The third kappa shape index (κ3) is 3.40. The van der Waals surface area contributed by atoms with Gasteiger partial charge in [0.15, 0.2) is 5.75 Å². The minimum atomic E-state index is -1.40. The molecule has 0 saturated carbocycles. The molecule has 1 heterocycles. The first-order chi connectivity index (χ1) is 10.4. The van der Waals surface area contributed by atoms with E-state index in [0.29, 0.717) is 12.2 Å². The molecule has 0 atom stereocenters. The van der Waals surface area contributed by atoms with Gasteiger partial charge in [0.2, 0.25) is 0 Å². The van der Waals surface area contributed by atoms with Crippen LogP contribution in [0, 0.1) is 16.0 Å². The van der Waals surface area contributed by atoms with Crippen LogP contribution in [0.1, 0.15) is 24.3 Å². The lowest BCUT2D eigenvalue weighted by molar-refractivity contribution is -0.385. The molecule has 0 aliphatic carbocycles. The Hall–Kier alpha value is -2.90. The first kappa shape index (κ1) is 15.5. The lowest BCUT2D eigenvalue weighted by atomic mass is 10.1. The number of nitro groups is 1. The minimum absolute atomic E-state index is 0.165. The smallest absolute Gasteiger partial charge is 0.311 e. The number of aromatic nitrogens is 2. The molecular formula is C14H14N3O5-. The molecule has 0 aliphatic rings. The average molecular weight is 304 g/mol. The number of benzene rings is 1. The van der Waals surface area contributed by atoms with Crippen molar-refractivity contribution in [2.24, 2.45) is 5.92 Å². The summed E-state index contributed by atoms with van der Waals surface area (Å²) in [4.78, 5) is 21.3. The molecule has 1 aromatic carbocycles. The first-order valence-corrected chi connectivity index (χ1v) is 6.57. The lowest BCUT2D eigenvalue weighted by Crippen LogP contribution is -2.22. The van der Waals surface area contributed by atoms with Crippen LogP contribution in [0.4, 0.5) is 5.69 Å². The summed E-state index contributed by atoms with van der Waals surface area (Å²) in [7, 11) is 0. The van der Waals surface area contributed by atoms with Gasteiger partial charge in [-0.25, -0.2) is 0 Å². The van der Waals surface area contributed by atoms with Crippen LogP contribution in [0.5, 0.6) is 5.75 Å². The van der Waals surface area contributed by atoms with E-state index in [1.54, 1.807) is 6.07 Å². The van der Waals surface area contributed by atoms with Crippen LogP contribution >= 0.6 is 0 Å². The van der Waals surface area contributed by atoms with Crippen molar-refractivity contribution in [3.8, 4) is 17.0 Å². The van der Waals surface area contributed by atoms with Crippen molar-refractivity contribution in [3.05, 3.63) is 40.1 Å². The standard InChI is InChI=1S/C14H15N3O5/c1-8(2)7-22-13-4-3-9(5-12(13)17(20)21)10-6-11(14(18)19)16-15-10/h3-6,8H,7H2,1-2H3,(H,15,16)(H,18,19)/p-1. The molecule has 0 bridgehead atoms. The number of carboxylic acids is 1. The summed E-state index contributed by atoms with van der Waals surface area (Å²) in [5.41, 5.74) is 0.291. The number of carboxylic acid groups (broad SMARTS) is 1. The molecule has 0 saturated heterocycles. The maximum atomic E-state index is 11.2. The number of carbonyl (C=O) groups excluding carboxylic acids is 1. The second-order valence-corrected chi connectivity index (χ2v) is 5.10. The van der Waals surface area contributed by atoms with Crippen LogP contribution < -0.4 is 9.84 Å². The van der Waals surface area contributed by atoms with Gasteiger partial charge in [-0.05, 0) is 24.1 Å². The number of hydrogen-bond acceptors (Lipinski definition) is 6. The minimum Gasteiger partial charge on any atom is -0.543 e. The van der Waals surface area contributed by atoms with Gasteiger partial charge in [-0.2, -0.15) is 5.10 Å². The second-order valence-electron chi connectivity index (χ2n) is 5.10. The van der Waals surface area contributed by atoms with Gasteiger partial charge in [-0.1, -0.05) is 13.8 Å². The quantitative estimate of drug-likeness (QED) is 0.635. The fraction of sp³-hybridized carbons (Fsp3) is 0.286. The van der Waals surface area contributed by atoms with Crippen LogP contribution in [0.15, 0.2) is 24.3 Å². The topological polar surface area (TPSA) is 121 Å². The van der Waals surface area contributed by atoms with E-state index < -0.39 is 10.9 Å². The number of rotatable bonds is 6. The summed E-state index contributed by atoms with van der Waals surface area (Å²) in [6.45, 7) is 4.23. The highest BCUT2D eigenvalue weighted by Gasteiger charge is 2.18. The highest BCUT2D eigenvalue weighted by atomic mass is 16.6. The van der Waals surface area contributed by atoms with Gasteiger partial charge < -0.3 is 14.6 Å². The predicted molar refractivity (Wildman–Crippen MR) is 75.3 cm³/mol. The SMILES string of the molecule is CC(C)COc1ccc(-c2cc(C(=O)[O-])[nH]n2)cc1[N+](=O)[O-]. The molecule has 0 aliphatic heterocycles. The van der Waals surface area contributed by atoms with E-state index in [1.807, 2.05) is 13.8 Å². The summed E-state index contributed by atoms with van der Waals surface area (Å²) in [6, 6.07) is 5.61. The van der Waals surface area contributed by atoms with Crippen molar-refractivity contribution < 1.29 is 19.6 Å². The molecule has 0 fully saturated rings. The van der Waals surface area contributed by atoms with Crippen LogP contribution in [0.3, 0.4) is 0 Å². The van der Waals surface area contributed by atoms with Gasteiger partial charge in [-0.15, -0.1) is 0 Å². The van der Waals surface area contributed by atoms with Gasteiger partial charge >= 0.3 is 5.69 Å². The molecule has 116 valence electrons. The zero-order valence-electron chi connectivity index (χ0n) is 12.0. The molecule has 8 nitrogen and oxygen atoms in total. The fourth-order valence-electron chi connectivity index (χ4n) is 1.77. The van der Waals surface area contributed by atoms with Crippen LogP contribution in [0.25, 0.3) is 11.3 Å². The van der Waals surface area contributed by atoms with Crippen molar-refractivity contribution >= 4 is 11.7 Å². The highest BCUT2D eigenvalue weighted by molar-refractivity contribution is 5.85. The predicted octanol–water partition coefficient (Wildman–Crippen LogP) is 1.38. The monoisotopic (exact) mass is 304 g/mol. The third-order valence-electron chi connectivity index (χ3n) is 2.82. The maximum absolute atomic E-state index is 11.2. The van der Waals surface area contributed by atoms with Gasteiger partial charge in [0.1, 0.15) is 0 Å². The lowest BCUT2D eigenvalue weighted by Gasteiger charge is -2.09. The Morgan fingerprint density at radius 2 is 2.14 bits per heavy atom. The van der Waals surface area contributed by atoms with E-state index >= 15 is 0 Å². The van der Waals surface area contributed by atoms with E-state index in [-0.39, 0.29) is 28.7 Å². The Labute approximate surface area is 125 Å². The van der Waals surface area contributed by atoms with E-state index in [0.717, 1.165) is 0 Å². The Morgan fingerprint density at radius 1 is 1.41 bits per heavy atom. The van der Waals surface area contributed by atoms with Gasteiger partial charge in [0, 0.05) is 11.6 Å². The van der Waals surface area contributed by atoms with Gasteiger partial charge in [-0.3, -0.25) is 15.2 Å². The zero-order chi connectivity index (χ0) is 16.3. The number of nitrogens with zero attached hydrogens (tertiary/aromatic N) is 2. The summed E-state index contributed by atoms with van der Waals surface area (Å²) in [5, 5.41) is 28.0. The van der Waals surface area contributed by atoms with E-state index in [9.17, 15) is 20.0 Å². The molecule has 0 spiro atoms. The second kappa shape index (κ2) is 6.25. The molecule has 8 heteroatoms. The van der Waals surface area contributed by atoms with Gasteiger partial charge in [0.05, 0.1) is 28.9 Å². The molecule has 22 heavy (non-hydrogen) atoms. The van der Waals surface area contributed by atoms with Crippen molar-refractivity contribution in [3.63, 3.8) is 0 Å². The Morgan fingerprint density at radius 3 is 2.68 bits per heavy atom. The first-order valence-electron chi connectivity index (χ1n) is 6.57. The molecule has 0 amide bonds. The molecule has 0 unspecified atom stereocenters. The van der Waals surface area contributed by atoms with Crippen molar-refractivity contribution in [1.29, 1.82) is 0 Å². The fourth-order valence-corrected chi connectivity index (χ4v) is 1.77. The van der Waals surface area contributed by atoms with Crippen molar-refractivity contribution in [2.75, 3.05) is 6.61 Å². The Bertz CT molecular complexity index is 708. The van der Waals surface area contributed by atoms with Crippen LogP contribution in [-0.4, -0.2) is 27.7 Å². The molecule has 1 aromatic heterocycles. The van der Waals surface area contributed by atoms with Crippen LogP contribution in [0.2, 0.25) is 0 Å². The molecule has 1 N–H and O–H groups in total. The number of nitrogens with one attached hydrogen (secondary N) is 1. The summed E-state index contributed by atoms with van der Waals surface area (Å²) in [6.07, 6.45) is 0. The number of carbonyl (C=O) groups is 1. The molecular weight excluding hydrogens is 290 g/mol. The Balaban J connectivity index is 2.35. The van der Waals surface area contributed by atoms with Crippen molar-refractivity contribution in [1.82, 2.24) is 10.2 Å². The van der Waals surface area contributed by atoms with E-state index in [1.165, 1.54) is 18.2 Å². The van der Waals surface area contributed by atoms with E-state index in [4.69, 9.17) is 4.74 Å². The van der Waals surface area contributed by atoms with Crippen LogP contribution in [-0.2, 0) is 0 Å². The average Bonchev–Trinajstić information content (AvgIpc) is 2.94.